The monoisotopic (exact) mass is 195 g/mol. The molecule has 0 radical (unpaired) electrons. The van der Waals surface area contributed by atoms with Gasteiger partial charge in [0.1, 0.15) is 6.10 Å². The highest BCUT2D eigenvalue weighted by Gasteiger charge is 2.16. The Morgan fingerprint density at radius 2 is 2.64 bits per heavy atom. The van der Waals surface area contributed by atoms with Crippen LogP contribution in [0.4, 0.5) is 0 Å². The lowest BCUT2D eigenvalue weighted by molar-refractivity contribution is 0.223. The van der Waals surface area contributed by atoms with Crippen molar-refractivity contribution >= 4 is 0 Å². The van der Waals surface area contributed by atoms with Gasteiger partial charge in [0.2, 0.25) is 0 Å². The lowest BCUT2D eigenvalue weighted by Gasteiger charge is -2.09. The van der Waals surface area contributed by atoms with Crippen molar-refractivity contribution < 1.29 is 4.74 Å². The maximum Gasteiger partial charge on any atom is 0.157 e. The molecule has 4 nitrogen and oxygen atoms in total. The molecule has 1 aliphatic heterocycles. The van der Waals surface area contributed by atoms with Gasteiger partial charge in [0.05, 0.1) is 12.4 Å². The van der Waals surface area contributed by atoms with Gasteiger partial charge in [0, 0.05) is 13.1 Å². The van der Waals surface area contributed by atoms with Crippen LogP contribution in [-0.2, 0) is 6.54 Å². The second-order valence-electron chi connectivity index (χ2n) is 3.67. The largest absolute Gasteiger partial charge is 0.486 e. The van der Waals surface area contributed by atoms with E-state index in [0.29, 0.717) is 6.10 Å². The Morgan fingerprint density at radius 1 is 1.71 bits per heavy atom. The molecular weight excluding hydrogens is 178 g/mol. The zero-order valence-corrected chi connectivity index (χ0v) is 8.57. The molecule has 1 N–H and O–H groups in total. The van der Waals surface area contributed by atoms with Gasteiger partial charge in [-0.2, -0.15) is 5.10 Å². The van der Waals surface area contributed by atoms with Crippen molar-refractivity contribution in [3.8, 4) is 5.75 Å². The summed E-state index contributed by atoms with van der Waals surface area (Å²) in [5, 5.41) is 7.49. The maximum absolute atomic E-state index is 5.76. The molecule has 1 unspecified atom stereocenters. The van der Waals surface area contributed by atoms with Gasteiger partial charge in [-0.25, -0.2) is 0 Å². The minimum absolute atomic E-state index is 0.328. The van der Waals surface area contributed by atoms with Crippen LogP contribution < -0.4 is 10.1 Å². The Balaban J connectivity index is 1.88. The summed E-state index contributed by atoms with van der Waals surface area (Å²) in [5.41, 5.74) is 0. The Kier molecular flexibility index (Phi) is 3.03. The van der Waals surface area contributed by atoms with Crippen molar-refractivity contribution in [2.45, 2.75) is 32.4 Å². The average molecular weight is 195 g/mol. The van der Waals surface area contributed by atoms with Crippen molar-refractivity contribution in [2.75, 3.05) is 13.1 Å². The van der Waals surface area contributed by atoms with E-state index in [1.165, 1.54) is 0 Å². The molecule has 14 heavy (non-hydrogen) atoms. The summed E-state index contributed by atoms with van der Waals surface area (Å²) in [6.45, 7) is 5.13. The first kappa shape index (κ1) is 9.52. The van der Waals surface area contributed by atoms with Crippen LogP contribution >= 0.6 is 0 Å². The fourth-order valence-electron chi connectivity index (χ4n) is 1.68. The van der Waals surface area contributed by atoms with Gasteiger partial charge in [0.25, 0.3) is 0 Å². The second-order valence-corrected chi connectivity index (χ2v) is 3.67. The minimum atomic E-state index is 0.328. The SMILES string of the molecule is CCCn1cc(OC2CCNC2)cn1. The van der Waals surface area contributed by atoms with Crippen LogP contribution in [0.3, 0.4) is 0 Å². The van der Waals surface area contributed by atoms with Crippen LogP contribution in [0.2, 0.25) is 0 Å². The molecule has 0 amide bonds. The van der Waals surface area contributed by atoms with Crippen molar-refractivity contribution in [2.24, 2.45) is 0 Å². The number of hydrogen-bond acceptors (Lipinski definition) is 3. The smallest absolute Gasteiger partial charge is 0.157 e. The van der Waals surface area contributed by atoms with Crippen molar-refractivity contribution in [1.82, 2.24) is 15.1 Å². The molecule has 1 fully saturated rings. The van der Waals surface area contributed by atoms with Crippen LogP contribution in [0.25, 0.3) is 0 Å². The lowest BCUT2D eigenvalue weighted by Crippen LogP contribution is -2.19. The van der Waals surface area contributed by atoms with Gasteiger partial charge < -0.3 is 10.1 Å². The van der Waals surface area contributed by atoms with E-state index in [4.69, 9.17) is 4.74 Å². The predicted molar refractivity (Wildman–Crippen MR) is 54.4 cm³/mol. The molecule has 4 heteroatoms. The summed E-state index contributed by atoms with van der Waals surface area (Å²) in [7, 11) is 0. The molecule has 1 aromatic rings. The summed E-state index contributed by atoms with van der Waals surface area (Å²) in [4.78, 5) is 0. The molecule has 0 aliphatic carbocycles. The molecule has 0 aromatic carbocycles. The quantitative estimate of drug-likeness (QED) is 0.780. The molecule has 0 spiro atoms. The molecule has 1 aliphatic rings. The van der Waals surface area contributed by atoms with Crippen molar-refractivity contribution in [3.05, 3.63) is 12.4 Å². The van der Waals surface area contributed by atoms with Gasteiger partial charge in [-0.1, -0.05) is 6.92 Å². The van der Waals surface area contributed by atoms with Crippen LogP contribution in [0.15, 0.2) is 12.4 Å². The third-order valence-electron chi connectivity index (χ3n) is 2.38. The number of rotatable bonds is 4. The zero-order valence-electron chi connectivity index (χ0n) is 8.57. The van der Waals surface area contributed by atoms with Crippen LogP contribution in [0.1, 0.15) is 19.8 Å². The fourth-order valence-corrected chi connectivity index (χ4v) is 1.68. The van der Waals surface area contributed by atoms with Gasteiger partial charge in [0.15, 0.2) is 5.75 Å². The molecule has 1 atom stereocenters. The number of nitrogens with zero attached hydrogens (tertiary/aromatic N) is 2. The topological polar surface area (TPSA) is 39.1 Å². The Bertz CT molecular complexity index is 279. The average Bonchev–Trinajstić information content (AvgIpc) is 2.79. The number of aryl methyl sites for hydroxylation is 1. The zero-order chi connectivity index (χ0) is 9.80. The molecular formula is C10H17N3O. The molecule has 2 heterocycles. The van der Waals surface area contributed by atoms with Gasteiger partial charge in [-0.05, 0) is 19.4 Å². The van der Waals surface area contributed by atoms with E-state index >= 15 is 0 Å². The second kappa shape index (κ2) is 4.46. The normalized spacial score (nSPS) is 21.4. The number of nitrogens with one attached hydrogen (secondary N) is 1. The molecule has 0 bridgehead atoms. The van der Waals surface area contributed by atoms with Crippen LogP contribution in [-0.4, -0.2) is 29.0 Å². The first-order valence-corrected chi connectivity index (χ1v) is 5.28. The van der Waals surface area contributed by atoms with E-state index in [-0.39, 0.29) is 0 Å². The highest BCUT2D eigenvalue weighted by Crippen LogP contribution is 2.13. The van der Waals surface area contributed by atoms with Gasteiger partial charge in [-0.3, -0.25) is 4.68 Å². The molecule has 1 saturated heterocycles. The van der Waals surface area contributed by atoms with E-state index in [1.54, 1.807) is 6.20 Å². The third-order valence-corrected chi connectivity index (χ3v) is 2.38. The van der Waals surface area contributed by atoms with Crippen LogP contribution in [0.5, 0.6) is 5.75 Å². The fraction of sp³-hybridized carbons (Fsp3) is 0.700. The Morgan fingerprint density at radius 3 is 3.36 bits per heavy atom. The standard InChI is InChI=1S/C10H17N3O/c1-2-5-13-8-10(7-12-13)14-9-3-4-11-6-9/h7-9,11H,2-6H2,1H3. The highest BCUT2D eigenvalue weighted by atomic mass is 16.5. The summed E-state index contributed by atoms with van der Waals surface area (Å²) in [6.07, 6.45) is 6.30. The third kappa shape index (κ3) is 2.26. The molecule has 1 aromatic heterocycles. The van der Waals surface area contributed by atoms with E-state index in [9.17, 15) is 0 Å². The summed E-state index contributed by atoms with van der Waals surface area (Å²) >= 11 is 0. The van der Waals surface area contributed by atoms with Gasteiger partial charge in [-0.15, -0.1) is 0 Å². The number of hydrogen-bond donors (Lipinski definition) is 1. The molecule has 2 rings (SSSR count). The van der Waals surface area contributed by atoms with Crippen LogP contribution in [0, 0.1) is 0 Å². The summed E-state index contributed by atoms with van der Waals surface area (Å²) in [5.74, 6) is 0.896. The van der Waals surface area contributed by atoms with Crippen molar-refractivity contribution in [1.29, 1.82) is 0 Å². The lowest BCUT2D eigenvalue weighted by atomic mass is 10.3. The molecule has 78 valence electrons. The summed E-state index contributed by atoms with van der Waals surface area (Å²) in [6, 6.07) is 0. The Hall–Kier alpha value is -1.03. The van der Waals surface area contributed by atoms with Gasteiger partial charge >= 0.3 is 0 Å². The minimum Gasteiger partial charge on any atom is -0.486 e. The van der Waals surface area contributed by atoms with E-state index < -0.39 is 0 Å². The summed E-state index contributed by atoms with van der Waals surface area (Å²) < 4.78 is 7.68. The number of aromatic nitrogens is 2. The van der Waals surface area contributed by atoms with E-state index in [0.717, 1.165) is 38.2 Å². The highest BCUT2D eigenvalue weighted by molar-refractivity contribution is 5.12. The van der Waals surface area contributed by atoms with E-state index in [2.05, 4.69) is 17.3 Å². The number of ether oxygens (including phenoxy) is 1. The van der Waals surface area contributed by atoms with E-state index in [1.807, 2.05) is 10.9 Å². The molecule has 0 saturated carbocycles. The predicted octanol–water partition coefficient (Wildman–Crippen LogP) is 1.03. The Labute approximate surface area is 84.3 Å². The van der Waals surface area contributed by atoms with Crippen molar-refractivity contribution in [3.63, 3.8) is 0 Å². The first-order chi connectivity index (χ1) is 6.88. The maximum atomic E-state index is 5.76. The first-order valence-electron chi connectivity index (χ1n) is 5.28.